The smallest absolute Gasteiger partial charge is 0.224 e. The van der Waals surface area contributed by atoms with Crippen LogP contribution in [0.4, 0.5) is 11.4 Å². The van der Waals surface area contributed by atoms with E-state index in [-0.39, 0.29) is 5.91 Å². The van der Waals surface area contributed by atoms with Crippen molar-refractivity contribution >= 4 is 17.3 Å². The number of hydrogen-bond acceptors (Lipinski definition) is 2. The zero-order valence-electron chi connectivity index (χ0n) is 12.8. The van der Waals surface area contributed by atoms with Crippen molar-refractivity contribution in [1.82, 2.24) is 0 Å². The third-order valence-electron chi connectivity index (χ3n) is 4.11. The predicted octanol–water partition coefficient (Wildman–Crippen LogP) is 3.86. The first-order valence-corrected chi connectivity index (χ1v) is 8.00. The van der Waals surface area contributed by atoms with Crippen LogP contribution in [0, 0.1) is 0 Å². The molecular weight excluding hydrogens is 272 g/mol. The lowest BCUT2D eigenvalue weighted by molar-refractivity contribution is -0.116. The minimum Gasteiger partial charge on any atom is -0.372 e. The maximum atomic E-state index is 11.9. The Labute approximate surface area is 132 Å². The molecule has 1 heterocycles. The summed E-state index contributed by atoms with van der Waals surface area (Å²) in [6.45, 7) is 2.33. The van der Waals surface area contributed by atoms with Gasteiger partial charge in [-0.05, 0) is 49.1 Å². The second-order valence-electron chi connectivity index (χ2n) is 5.77. The molecule has 0 spiro atoms. The van der Waals surface area contributed by atoms with Crippen molar-refractivity contribution in [2.24, 2.45) is 0 Å². The van der Waals surface area contributed by atoms with Crippen molar-refractivity contribution in [3.05, 3.63) is 60.2 Å². The van der Waals surface area contributed by atoms with Gasteiger partial charge in [0.05, 0.1) is 0 Å². The Morgan fingerprint density at radius 3 is 2.32 bits per heavy atom. The number of nitrogens with zero attached hydrogens (tertiary/aromatic N) is 1. The van der Waals surface area contributed by atoms with E-state index in [1.54, 1.807) is 0 Å². The molecule has 0 aliphatic carbocycles. The highest BCUT2D eigenvalue weighted by molar-refractivity contribution is 5.90. The van der Waals surface area contributed by atoms with Crippen molar-refractivity contribution in [2.45, 2.75) is 25.7 Å². The summed E-state index contributed by atoms with van der Waals surface area (Å²) in [5, 5.41) is 2.92. The van der Waals surface area contributed by atoms with E-state index < -0.39 is 0 Å². The molecule has 3 heteroatoms. The van der Waals surface area contributed by atoms with Gasteiger partial charge in [0, 0.05) is 30.9 Å². The number of rotatable bonds is 5. The average molecular weight is 294 g/mol. The first-order chi connectivity index (χ1) is 10.8. The molecule has 0 aromatic heterocycles. The molecule has 114 valence electrons. The molecule has 3 rings (SSSR count). The Kier molecular flexibility index (Phi) is 4.74. The van der Waals surface area contributed by atoms with E-state index in [4.69, 9.17) is 0 Å². The van der Waals surface area contributed by atoms with Gasteiger partial charge in [-0.2, -0.15) is 0 Å². The van der Waals surface area contributed by atoms with Gasteiger partial charge in [-0.15, -0.1) is 0 Å². The van der Waals surface area contributed by atoms with Crippen LogP contribution in [-0.4, -0.2) is 19.0 Å². The fourth-order valence-electron chi connectivity index (χ4n) is 2.85. The minimum absolute atomic E-state index is 0.0646. The molecule has 1 aliphatic heterocycles. The lowest BCUT2D eigenvalue weighted by Gasteiger charge is -2.17. The molecule has 1 aliphatic rings. The van der Waals surface area contributed by atoms with Gasteiger partial charge in [0.1, 0.15) is 0 Å². The largest absolute Gasteiger partial charge is 0.372 e. The second-order valence-corrected chi connectivity index (χ2v) is 5.77. The zero-order chi connectivity index (χ0) is 15.2. The van der Waals surface area contributed by atoms with Crippen LogP contribution in [0.1, 0.15) is 24.8 Å². The number of anilines is 2. The van der Waals surface area contributed by atoms with Crippen molar-refractivity contribution in [3.8, 4) is 0 Å². The Morgan fingerprint density at radius 1 is 0.955 bits per heavy atom. The molecule has 0 radical (unpaired) electrons. The van der Waals surface area contributed by atoms with E-state index in [0.717, 1.165) is 12.1 Å². The number of carbonyl (C=O) groups is 1. The van der Waals surface area contributed by atoms with Gasteiger partial charge in [-0.1, -0.05) is 30.3 Å². The van der Waals surface area contributed by atoms with Gasteiger partial charge < -0.3 is 10.2 Å². The molecule has 0 atom stereocenters. The molecule has 2 aromatic rings. The van der Waals surface area contributed by atoms with Gasteiger partial charge in [0.2, 0.25) is 5.91 Å². The van der Waals surface area contributed by atoms with Crippen LogP contribution in [0.2, 0.25) is 0 Å². The van der Waals surface area contributed by atoms with Crippen LogP contribution >= 0.6 is 0 Å². The number of nitrogens with one attached hydrogen (secondary N) is 1. The molecule has 0 bridgehead atoms. The molecular formula is C19H22N2O. The van der Waals surface area contributed by atoms with Gasteiger partial charge in [-0.25, -0.2) is 0 Å². The van der Waals surface area contributed by atoms with E-state index in [2.05, 4.69) is 34.5 Å². The highest BCUT2D eigenvalue weighted by atomic mass is 16.1. The molecule has 1 fully saturated rings. The number of para-hydroxylation sites is 1. The van der Waals surface area contributed by atoms with Gasteiger partial charge in [0.25, 0.3) is 0 Å². The Hall–Kier alpha value is -2.29. The Morgan fingerprint density at radius 2 is 1.64 bits per heavy atom. The van der Waals surface area contributed by atoms with Crippen LogP contribution in [0.15, 0.2) is 54.6 Å². The normalized spacial score (nSPS) is 14.1. The third-order valence-corrected chi connectivity index (χ3v) is 4.11. The fraction of sp³-hybridized carbons (Fsp3) is 0.316. The molecule has 1 N–H and O–H groups in total. The van der Waals surface area contributed by atoms with Crippen LogP contribution in [-0.2, 0) is 11.2 Å². The number of benzene rings is 2. The summed E-state index contributed by atoms with van der Waals surface area (Å²) in [7, 11) is 0. The van der Waals surface area contributed by atoms with Gasteiger partial charge in [-0.3, -0.25) is 4.79 Å². The summed E-state index contributed by atoms with van der Waals surface area (Å²) in [6, 6.07) is 18.2. The second kappa shape index (κ2) is 7.12. The van der Waals surface area contributed by atoms with E-state index in [1.807, 2.05) is 30.3 Å². The summed E-state index contributed by atoms with van der Waals surface area (Å²) in [4.78, 5) is 14.4. The Bertz CT molecular complexity index is 601. The highest BCUT2D eigenvalue weighted by Gasteiger charge is 2.11. The summed E-state index contributed by atoms with van der Waals surface area (Å²) < 4.78 is 0. The van der Waals surface area contributed by atoms with Crippen molar-refractivity contribution in [3.63, 3.8) is 0 Å². The molecule has 0 unspecified atom stereocenters. The van der Waals surface area contributed by atoms with Gasteiger partial charge >= 0.3 is 0 Å². The number of carbonyl (C=O) groups excluding carboxylic acids is 1. The lowest BCUT2D eigenvalue weighted by atomic mass is 10.1. The first-order valence-electron chi connectivity index (χ1n) is 8.00. The monoisotopic (exact) mass is 294 g/mol. The van der Waals surface area contributed by atoms with E-state index >= 15 is 0 Å². The quantitative estimate of drug-likeness (QED) is 0.908. The van der Waals surface area contributed by atoms with Crippen LogP contribution in [0.3, 0.4) is 0 Å². The minimum atomic E-state index is 0.0646. The SMILES string of the molecule is O=C(CCc1ccc(N2CCCC2)cc1)Nc1ccccc1. The molecule has 2 aromatic carbocycles. The van der Waals surface area contributed by atoms with Crippen molar-refractivity contribution < 1.29 is 4.79 Å². The molecule has 0 saturated carbocycles. The predicted molar refractivity (Wildman–Crippen MR) is 91.3 cm³/mol. The number of amides is 1. The summed E-state index contributed by atoms with van der Waals surface area (Å²) in [5.41, 5.74) is 3.37. The van der Waals surface area contributed by atoms with Crippen LogP contribution in [0.25, 0.3) is 0 Å². The molecule has 1 amide bonds. The molecule has 22 heavy (non-hydrogen) atoms. The topological polar surface area (TPSA) is 32.3 Å². The highest BCUT2D eigenvalue weighted by Crippen LogP contribution is 2.20. The van der Waals surface area contributed by atoms with Crippen LogP contribution in [0.5, 0.6) is 0 Å². The van der Waals surface area contributed by atoms with E-state index in [0.29, 0.717) is 6.42 Å². The van der Waals surface area contributed by atoms with E-state index in [9.17, 15) is 4.79 Å². The summed E-state index contributed by atoms with van der Waals surface area (Å²) >= 11 is 0. The summed E-state index contributed by atoms with van der Waals surface area (Å²) in [6.07, 6.45) is 3.87. The third kappa shape index (κ3) is 3.88. The number of aryl methyl sites for hydroxylation is 1. The molecule has 1 saturated heterocycles. The average Bonchev–Trinajstić information content (AvgIpc) is 3.09. The standard InChI is InChI=1S/C19H22N2O/c22-19(20-17-6-2-1-3-7-17)13-10-16-8-11-18(12-9-16)21-14-4-5-15-21/h1-3,6-9,11-12H,4-5,10,13-15H2,(H,20,22). The zero-order valence-corrected chi connectivity index (χ0v) is 12.8. The number of hydrogen-bond donors (Lipinski definition) is 1. The van der Waals surface area contributed by atoms with Crippen molar-refractivity contribution in [1.29, 1.82) is 0 Å². The maximum Gasteiger partial charge on any atom is 0.224 e. The first kappa shape index (κ1) is 14.6. The van der Waals surface area contributed by atoms with E-state index in [1.165, 1.54) is 37.2 Å². The maximum absolute atomic E-state index is 11.9. The van der Waals surface area contributed by atoms with Gasteiger partial charge in [0.15, 0.2) is 0 Å². The fourth-order valence-corrected chi connectivity index (χ4v) is 2.85. The van der Waals surface area contributed by atoms with Crippen molar-refractivity contribution in [2.75, 3.05) is 23.3 Å². The molecule has 3 nitrogen and oxygen atoms in total. The summed E-state index contributed by atoms with van der Waals surface area (Å²) in [5.74, 6) is 0.0646. The lowest BCUT2D eigenvalue weighted by Crippen LogP contribution is -2.17. The van der Waals surface area contributed by atoms with Crippen LogP contribution < -0.4 is 10.2 Å². The Balaban J connectivity index is 1.49.